The maximum atomic E-state index is 12.6. The number of likely N-dealkylation sites (tertiary alicyclic amines) is 1. The van der Waals surface area contributed by atoms with Gasteiger partial charge in [0.15, 0.2) is 5.96 Å². The van der Waals surface area contributed by atoms with Crippen LogP contribution in [0.15, 0.2) is 27.7 Å². The van der Waals surface area contributed by atoms with Crippen molar-refractivity contribution in [2.24, 2.45) is 10.9 Å². The minimum Gasteiger partial charge on any atom is -0.352 e. The molecular weight excluding hydrogens is 416 g/mol. The lowest BCUT2D eigenvalue weighted by Crippen LogP contribution is -2.45. The molecule has 1 saturated carbocycles. The second-order valence-electron chi connectivity index (χ2n) is 7.06. The number of hydrogen-bond acceptors (Lipinski definition) is 2. The summed E-state index contributed by atoms with van der Waals surface area (Å²) in [6, 6.07) is 6.09. The van der Waals surface area contributed by atoms with Crippen LogP contribution in [0, 0.1) is 5.92 Å². The van der Waals surface area contributed by atoms with Crippen LogP contribution in [0.5, 0.6) is 0 Å². The number of rotatable bonds is 4. The van der Waals surface area contributed by atoms with Crippen molar-refractivity contribution >= 4 is 39.4 Å². The van der Waals surface area contributed by atoms with Gasteiger partial charge in [0.1, 0.15) is 0 Å². The Kier molecular flexibility index (Phi) is 6.81. The van der Waals surface area contributed by atoms with Crippen LogP contribution in [0.3, 0.4) is 0 Å². The maximum absolute atomic E-state index is 12.6. The molecule has 1 aliphatic heterocycles. The highest BCUT2D eigenvalue weighted by Gasteiger charge is 2.32. The van der Waals surface area contributed by atoms with Crippen molar-refractivity contribution < 1.29 is 4.79 Å². The van der Waals surface area contributed by atoms with Gasteiger partial charge >= 0.3 is 0 Å². The summed E-state index contributed by atoms with van der Waals surface area (Å²) in [6.45, 7) is 2.20. The predicted octanol–water partition coefficient (Wildman–Crippen LogP) is 3.56. The van der Waals surface area contributed by atoms with Crippen molar-refractivity contribution in [3.05, 3.63) is 33.3 Å². The van der Waals surface area contributed by atoms with Crippen molar-refractivity contribution in [2.75, 3.05) is 20.1 Å². The molecule has 1 unspecified atom stereocenters. The number of hydrogen-bond donors (Lipinski definition) is 2. The monoisotopic (exact) mass is 440 g/mol. The molecule has 2 fully saturated rings. The summed E-state index contributed by atoms with van der Waals surface area (Å²) in [4.78, 5) is 18.9. The van der Waals surface area contributed by atoms with Gasteiger partial charge in [-0.3, -0.25) is 9.79 Å². The lowest BCUT2D eigenvalue weighted by molar-refractivity contribution is -0.134. The van der Waals surface area contributed by atoms with E-state index in [1.54, 1.807) is 7.05 Å². The summed E-state index contributed by atoms with van der Waals surface area (Å²) in [5, 5.41) is 7.46. The average molecular weight is 442 g/mol. The summed E-state index contributed by atoms with van der Waals surface area (Å²) in [7, 11) is 1.76. The first-order valence-corrected chi connectivity index (χ1v) is 10.4. The fourth-order valence-electron chi connectivity index (χ4n) is 3.74. The van der Waals surface area contributed by atoms with Gasteiger partial charge in [-0.05, 0) is 37.0 Å². The topological polar surface area (TPSA) is 56.7 Å². The molecule has 0 aromatic heterocycles. The van der Waals surface area contributed by atoms with E-state index in [4.69, 9.17) is 11.6 Å². The van der Waals surface area contributed by atoms with Gasteiger partial charge in [0.05, 0.1) is 0 Å². The van der Waals surface area contributed by atoms with E-state index in [1.165, 1.54) is 12.8 Å². The van der Waals surface area contributed by atoms with Crippen LogP contribution in [0.2, 0.25) is 5.02 Å². The van der Waals surface area contributed by atoms with Crippen LogP contribution >= 0.6 is 27.5 Å². The Morgan fingerprint density at radius 2 is 2.12 bits per heavy atom. The molecule has 2 aliphatic rings. The molecule has 1 saturated heterocycles. The number of guanidine groups is 1. The number of nitrogens with one attached hydrogen (secondary N) is 2. The van der Waals surface area contributed by atoms with E-state index < -0.39 is 0 Å². The van der Waals surface area contributed by atoms with E-state index in [-0.39, 0.29) is 12.0 Å². The van der Waals surface area contributed by atoms with Crippen molar-refractivity contribution in [3.63, 3.8) is 0 Å². The highest BCUT2D eigenvalue weighted by atomic mass is 79.9. The molecule has 1 amide bonds. The van der Waals surface area contributed by atoms with Crippen LogP contribution in [-0.2, 0) is 11.3 Å². The SMILES string of the molecule is CN=C(NCc1ccc(Br)cc1Cl)NC1CCN(C(=O)C2CCCC2)C1. The molecule has 0 bridgehead atoms. The average Bonchev–Trinajstić information content (AvgIpc) is 3.31. The normalized spacial score (nSPS) is 21.3. The molecule has 7 heteroatoms. The zero-order valence-electron chi connectivity index (χ0n) is 15.1. The molecule has 3 rings (SSSR count). The van der Waals surface area contributed by atoms with Crippen LogP contribution in [-0.4, -0.2) is 42.9 Å². The van der Waals surface area contributed by atoms with Crippen LogP contribution in [0.4, 0.5) is 0 Å². The maximum Gasteiger partial charge on any atom is 0.225 e. The van der Waals surface area contributed by atoms with Crippen molar-refractivity contribution in [2.45, 2.75) is 44.7 Å². The molecule has 1 aliphatic carbocycles. The van der Waals surface area contributed by atoms with Gasteiger partial charge in [0.2, 0.25) is 5.91 Å². The fourth-order valence-corrected chi connectivity index (χ4v) is 4.48. The second-order valence-corrected chi connectivity index (χ2v) is 8.38. The van der Waals surface area contributed by atoms with Gasteiger partial charge < -0.3 is 15.5 Å². The number of benzene rings is 1. The summed E-state index contributed by atoms with van der Waals surface area (Å²) in [5.74, 6) is 1.34. The molecule has 142 valence electrons. The van der Waals surface area contributed by atoms with E-state index in [9.17, 15) is 4.79 Å². The third kappa shape index (κ3) is 4.92. The number of amides is 1. The molecular formula is C19H26BrClN4O. The largest absolute Gasteiger partial charge is 0.352 e. The molecule has 26 heavy (non-hydrogen) atoms. The van der Waals surface area contributed by atoms with Gasteiger partial charge in [-0.15, -0.1) is 0 Å². The molecule has 1 aromatic rings. The zero-order valence-corrected chi connectivity index (χ0v) is 17.4. The van der Waals surface area contributed by atoms with E-state index >= 15 is 0 Å². The van der Waals surface area contributed by atoms with Crippen molar-refractivity contribution in [1.82, 2.24) is 15.5 Å². The highest BCUT2D eigenvalue weighted by Crippen LogP contribution is 2.28. The first-order valence-electron chi connectivity index (χ1n) is 9.26. The van der Waals surface area contributed by atoms with E-state index in [2.05, 4.69) is 31.6 Å². The van der Waals surface area contributed by atoms with E-state index in [0.29, 0.717) is 12.5 Å². The number of carbonyl (C=O) groups is 1. The Bertz CT molecular complexity index is 676. The van der Waals surface area contributed by atoms with Gasteiger partial charge in [-0.1, -0.05) is 46.4 Å². The van der Waals surface area contributed by atoms with E-state index in [1.807, 2.05) is 23.1 Å². The minimum atomic E-state index is 0.243. The fraction of sp³-hybridized carbons (Fsp3) is 0.579. The molecule has 1 aromatic carbocycles. The van der Waals surface area contributed by atoms with Gasteiger partial charge in [-0.25, -0.2) is 0 Å². The van der Waals surface area contributed by atoms with Gasteiger partial charge in [-0.2, -0.15) is 0 Å². The first kappa shape index (κ1) is 19.5. The third-order valence-corrected chi connectivity index (χ3v) is 6.08. The third-order valence-electron chi connectivity index (χ3n) is 5.23. The Balaban J connectivity index is 1.48. The van der Waals surface area contributed by atoms with Gasteiger partial charge in [0, 0.05) is 48.1 Å². The Labute approximate surface area is 168 Å². The van der Waals surface area contributed by atoms with Crippen molar-refractivity contribution in [1.29, 1.82) is 0 Å². The second kappa shape index (κ2) is 9.09. The molecule has 1 atom stereocenters. The molecule has 0 radical (unpaired) electrons. The summed E-state index contributed by atoms with van der Waals surface area (Å²) >= 11 is 9.68. The van der Waals surface area contributed by atoms with Crippen LogP contribution in [0.25, 0.3) is 0 Å². The number of aliphatic imine (C=N–C) groups is 1. The smallest absolute Gasteiger partial charge is 0.225 e. The van der Waals surface area contributed by atoms with Gasteiger partial charge in [0.25, 0.3) is 0 Å². The number of nitrogens with zero attached hydrogens (tertiary/aromatic N) is 2. The summed E-state index contributed by atoms with van der Waals surface area (Å²) in [5.41, 5.74) is 1.02. The summed E-state index contributed by atoms with van der Waals surface area (Å²) in [6.07, 6.45) is 5.47. The number of halogens is 2. The summed E-state index contributed by atoms with van der Waals surface area (Å²) < 4.78 is 0.965. The molecule has 5 nitrogen and oxygen atoms in total. The van der Waals surface area contributed by atoms with Crippen LogP contribution in [0.1, 0.15) is 37.7 Å². The van der Waals surface area contributed by atoms with Crippen LogP contribution < -0.4 is 10.6 Å². The Morgan fingerprint density at radius 1 is 1.35 bits per heavy atom. The Hall–Kier alpha value is -1.27. The first-order chi connectivity index (χ1) is 12.6. The standard InChI is InChI=1S/C19H26BrClN4O/c1-22-19(23-11-14-6-7-15(20)10-17(14)21)24-16-8-9-25(12-16)18(26)13-4-2-3-5-13/h6-7,10,13,16H,2-5,8-9,11-12H2,1H3,(H2,22,23,24). The molecule has 1 heterocycles. The number of carbonyl (C=O) groups excluding carboxylic acids is 1. The van der Waals surface area contributed by atoms with Crippen molar-refractivity contribution in [3.8, 4) is 0 Å². The van der Waals surface area contributed by atoms with E-state index in [0.717, 1.165) is 53.4 Å². The quantitative estimate of drug-likeness (QED) is 0.555. The minimum absolute atomic E-state index is 0.243. The predicted molar refractivity (Wildman–Crippen MR) is 109 cm³/mol. The molecule has 0 spiro atoms. The lowest BCUT2D eigenvalue weighted by Gasteiger charge is -2.21. The lowest BCUT2D eigenvalue weighted by atomic mass is 10.1. The molecule has 2 N–H and O–H groups in total. The zero-order chi connectivity index (χ0) is 18.5. The highest BCUT2D eigenvalue weighted by molar-refractivity contribution is 9.10. The Morgan fingerprint density at radius 3 is 2.81 bits per heavy atom.